The average molecular weight is 284 g/mol. The second-order valence-corrected chi connectivity index (χ2v) is 6.28. The molecule has 0 fully saturated rings. The van der Waals surface area contributed by atoms with Crippen molar-refractivity contribution in [3.8, 4) is 0 Å². The van der Waals surface area contributed by atoms with Crippen LogP contribution in [0.25, 0.3) is 9.40 Å². The van der Waals surface area contributed by atoms with Crippen molar-refractivity contribution >= 4 is 55.2 Å². The quantitative estimate of drug-likeness (QED) is 0.849. The zero-order chi connectivity index (χ0) is 12.4. The number of fused-ring (bicyclic) bond motifs is 1. The van der Waals surface area contributed by atoms with Crippen molar-refractivity contribution in [1.82, 2.24) is 5.32 Å². The molecule has 2 aromatic heterocycles. The van der Waals surface area contributed by atoms with Crippen molar-refractivity contribution in [3.05, 3.63) is 22.4 Å². The Labute approximate surface area is 113 Å². The summed E-state index contributed by atoms with van der Waals surface area (Å²) in [6.07, 6.45) is 0. The first-order chi connectivity index (χ1) is 8.08. The van der Waals surface area contributed by atoms with Crippen molar-refractivity contribution in [1.29, 1.82) is 0 Å². The number of rotatable bonds is 4. The summed E-state index contributed by atoms with van der Waals surface area (Å²) in [6, 6.07) is 3.95. The molecule has 17 heavy (non-hydrogen) atoms. The van der Waals surface area contributed by atoms with E-state index < -0.39 is 0 Å². The lowest BCUT2D eigenvalue weighted by Crippen LogP contribution is -2.33. The fourth-order valence-electron chi connectivity index (χ4n) is 1.31. The van der Waals surface area contributed by atoms with Gasteiger partial charge in [-0.15, -0.1) is 22.7 Å². The largest absolute Gasteiger partial charge is 0.393 e. The van der Waals surface area contributed by atoms with Crippen LogP contribution in [0.15, 0.2) is 17.5 Å². The van der Waals surface area contributed by atoms with Gasteiger partial charge in [0.05, 0.1) is 9.87 Å². The van der Waals surface area contributed by atoms with E-state index in [1.807, 2.05) is 24.4 Å². The zero-order valence-electron chi connectivity index (χ0n) is 9.23. The first-order valence-corrected chi connectivity index (χ1v) is 7.23. The molecule has 0 aromatic carbocycles. The number of carbonyl (C=O) groups is 1. The van der Waals surface area contributed by atoms with Crippen LogP contribution in [0, 0.1) is 5.92 Å². The van der Waals surface area contributed by atoms with Gasteiger partial charge in [-0.25, -0.2) is 0 Å². The summed E-state index contributed by atoms with van der Waals surface area (Å²) in [6.45, 7) is 2.38. The molecule has 2 rings (SSSR count). The molecule has 1 amide bonds. The van der Waals surface area contributed by atoms with Crippen LogP contribution in [0.5, 0.6) is 0 Å². The number of hydrogen-bond acceptors (Lipinski definition) is 4. The molecule has 0 aliphatic carbocycles. The van der Waals surface area contributed by atoms with E-state index in [1.165, 1.54) is 11.3 Å². The van der Waals surface area contributed by atoms with E-state index in [0.717, 1.165) is 14.3 Å². The lowest BCUT2D eigenvalue weighted by molar-refractivity contribution is 0.0955. The Morgan fingerprint density at radius 3 is 3.00 bits per heavy atom. The van der Waals surface area contributed by atoms with Gasteiger partial charge in [-0.1, -0.05) is 19.1 Å². The summed E-state index contributed by atoms with van der Waals surface area (Å²) in [5.41, 5.74) is 5.49. The fourth-order valence-corrected chi connectivity index (χ4v) is 3.42. The van der Waals surface area contributed by atoms with E-state index in [1.54, 1.807) is 11.3 Å². The molecule has 1 atom stereocenters. The minimum absolute atomic E-state index is 0.0232. The van der Waals surface area contributed by atoms with Gasteiger partial charge in [0.15, 0.2) is 0 Å². The first kappa shape index (κ1) is 12.5. The zero-order valence-corrected chi connectivity index (χ0v) is 11.7. The highest BCUT2D eigenvalue weighted by atomic mass is 32.1. The van der Waals surface area contributed by atoms with Crippen molar-refractivity contribution in [2.24, 2.45) is 11.7 Å². The van der Waals surface area contributed by atoms with Gasteiger partial charge >= 0.3 is 0 Å². The molecule has 6 heteroatoms. The Kier molecular flexibility index (Phi) is 3.76. The Morgan fingerprint density at radius 2 is 2.35 bits per heavy atom. The highest BCUT2D eigenvalue weighted by Crippen LogP contribution is 2.29. The highest BCUT2D eigenvalue weighted by molar-refractivity contribution is 7.80. The molecule has 0 saturated carbocycles. The standard InChI is InChI=1S/C11H12N2OS3/c1-6(10(12)15)5-13-11(14)9-4-8-7(17-9)2-3-16-8/h2-4,6H,5H2,1H3,(H2,12,15)(H,13,14). The maximum absolute atomic E-state index is 11.9. The molecule has 2 heterocycles. The topological polar surface area (TPSA) is 55.1 Å². The first-order valence-electron chi connectivity index (χ1n) is 5.12. The Balaban J connectivity index is 2.01. The van der Waals surface area contributed by atoms with Gasteiger partial charge in [0.2, 0.25) is 0 Å². The van der Waals surface area contributed by atoms with Crippen LogP contribution in [-0.2, 0) is 0 Å². The monoisotopic (exact) mass is 284 g/mol. The van der Waals surface area contributed by atoms with Gasteiger partial charge in [-0.05, 0) is 17.5 Å². The predicted molar refractivity (Wildman–Crippen MR) is 78.0 cm³/mol. The molecule has 2 aromatic rings. The van der Waals surface area contributed by atoms with Crippen LogP contribution in [0.2, 0.25) is 0 Å². The number of carbonyl (C=O) groups excluding carboxylic acids is 1. The molecule has 0 aliphatic rings. The molecule has 1 unspecified atom stereocenters. The van der Waals surface area contributed by atoms with E-state index in [9.17, 15) is 4.79 Å². The third kappa shape index (κ3) is 2.83. The van der Waals surface area contributed by atoms with Crippen molar-refractivity contribution in [2.75, 3.05) is 6.54 Å². The van der Waals surface area contributed by atoms with Crippen LogP contribution in [-0.4, -0.2) is 17.4 Å². The molecule has 0 saturated heterocycles. The molecular weight excluding hydrogens is 272 g/mol. The molecular formula is C11H12N2OS3. The number of hydrogen-bond donors (Lipinski definition) is 2. The molecule has 3 N–H and O–H groups in total. The Hall–Kier alpha value is -0.980. The second-order valence-electron chi connectivity index (χ2n) is 3.77. The van der Waals surface area contributed by atoms with E-state index in [-0.39, 0.29) is 11.8 Å². The average Bonchev–Trinajstić information content (AvgIpc) is 2.84. The number of thiocarbonyl (C=S) groups is 1. The predicted octanol–water partition coefficient (Wildman–Crippen LogP) is 2.61. The van der Waals surface area contributed by atoms with Gasteiger partial charge in [0, 0.05) is 21.9 Å². The molecule has 0 spiro atoms. The van der Waals surface area contributed by atoms with Crippen LogP contribution >= 0.6 is 34.9 Å². The summed E-state index contributed by atoms with van der Waals surface area (Å²) >= 11 is 8.01. The molecule has 0 radical (unpaired) electrons. The van der Waals surface area contributed by atoms with Crippen LogP contribution in [0.1, 0.15) is 16.6 Å². The smallest absolute Gasteiger partial charge is 0.261 e. The number of nitrogens with two attached hydrogens (primary N) is 1. The third-order valence-electron chi connectivity index (χ3n) is 2.42. The van der Waals surface area contributed by atoms with Crippen LogP contribution < -0.4 is 11.1 Å². The summed E-state index contributed by atoms with van der Waals surface area (Å²) in [7, 11) is 0. The summed E-state index contributed by atoms with van der Waals surface area (Å²) in [4.78, 5) is 13.0. The maximum atomic E-state index is 11.9. The van der Waals surface area contributed by atoms with E-state index in [4.69, 9.17) is 18.0 Å². The molecule has 0 aliphatic heterocycles. The molecule has 0 bridgehead atoms. The van der Waals surface area contributed by atoms with Crippen LogP contribution in [0.3, 0.4) is 0 Å². The fraction of sp³-hybridized carbons (Fsp3) is 0.273. The minimum Gasteiger partial charge on any atom is -0.393 e. The lowest BCUT2D eigenvalue weighted by atomic mass is 10.2. The summed E-state index contributed by atoms with van der Waals surface area (Å²) in [5, 5.41) is 4.86. The van der Waals surface area contributed by atoms with Crippen molar-refractivity contribution in [2.45, 2.75) is 6.92 Å². The van der Waals surface area contributed by atoms with E-state index in [0.29, 0.717) is 11.5 Å². The van der Waals surface area contributed by atoms with Gasteiger partial charge in [0.1, 0.15) is 0 Å². The van der Waals surface area contributed by atoms with E-state index in [2.05, 4.69) is 5.32 Å². The van der Waals surface area contributed by atoms with Gasteiger partial charge in [-0.3, -0.25) is 4.79 Å². The number of amides is 1. The Bertz CT molecular complexity index is 529. The van der Waals surface area contributed by atoms with Gasteiger partial charge < -0.3 is 11.1 Å². The number of nitrogens with one attached hydrogen (secondary N) is 1. The summed E-state index contributed by atoms with van der Waals surface area (Å²) < 4.78 is 2.31. The minimum atomic E-state index is -0.0542. The normalized spacial score (nSPS) is 12.5. The number of thiophene rings is 2. The van der Waals surface area contributed by atoms with Crippen molar-refractivity contribution < 1.29 is 4.79 Å². The SMILES string of the molecule is CC(CNC(=O)c1cc2sccc2s1)C(N)=S. The van der Waals surface area contributed by atoms with Crippen molar-refractivity contribution in [3.63, 3.8) is 0 Å². The second kappa shape index (κ2) is 5.12. The maximum Gasteiger partial charge on any atom is 0.261 e. The lowest BCUT2D eigenvalue weighted by Gasteiger charge is -2.09. The van der Waals surface area contributed by atoms with Gasteiger partial charge in [-0.2, -0.15) is 0 Å². The highest BCUT2D eigenvalue weighted by Gasteiger charge is 2.12. The Morgan fingerprint density at radius 1 is 1.59 bits per heavy atom. The van der Waals surface area contributed by atoms with Gasteiger partial charge in [0.25, 0.3) is 5.91 Å². The van der Waals surface area contributed by atoms with E-state index >= 15 is 0 Å². The molecule has 3 nitrogen and oxygen atoms in total. The molecule has 90 valence electrons. The summed E-state index contributed by atoms with van der Waals surface area (Å²) in [5.74, 6) is -0.0310. The van der Waals surface area contributed by atoms with Crippen LogP contribution in [0.4, 0.5) is 0 Å². The third-order valence-corrected chi connectivity index (χ3v) is 4.91.